The normalized spacial score (nSPS) is 12.8. The van der Waals surface area contributed by atoms with Gasteiger partial charge in [-0.15, -0.1) is 0 Å². The summed E-state index contributed by atoms with van der Waals surface area (Å²) in [6.07, 6.45) is -2.23. The maximum absolute atomic E-state index is 15.3. The van der Waals surface area contributed by atoms with Crippen LogP contribution in [-0.2, 0) is 18.8 Å². The van der Waals surface area contributed by atoms with Crippen molar-refractivity contribution in [2.24, 2.45) is 7.05 Å². The van der Waals surface area contributed by atoms with Crippen LogP contribution in [0.15, 0.2) is 29.3 Å². The molecule has 35 heavy (non-hydrogen) atoms. The Hall–Kier alpha value is -3.47. The zero-order chi connectivity index (χ0) is 26.0. The van der Waals surface area contributed by atoms with Crippen molar-refractivity contribution >= 4 is 5.52 Å². The number of halogens is 4. The molecule has 0 bridgehead atoms. The molecule has 11 heteroatoms. The largest absolute Gasteiger partial charge is 0.433 e. The van der Waals surface area contributed by atoms with Crippen molar-refractivity contribution in [1.29, 1.82) is 0 Å². The highest BCUT2D eigenvalue weighted by molar-refractivity contribution is 5.75. The minimum absolute atomic E-state index is 0.00815. The molecule has 0 amide bonds. The third-order valence-electron chi connectivity index (χ3n) is 5.91. The van der Waals surface area contributed by atoms with Crippen LogP contribution in [0.25, 0.3) is 27.9 Å². The number of hydrogen-bond acceptors (Lipinski definition) is 4. The molecule has 0 saturated heterocycles. The van der Waals surface area contributed by atoms with Gasteiger partial charge < -0.3 is 9.67 Å². The van der Waals surface area contributed by atoms with Crippen LogP contribution in [0.1, 0.15) is 56.4 Å². The molecule has 0 aliphatic carbocycles. The SMILES string of the molecule is Cc1n[nH]c(C(F)(F)F)c1-c1cc(C(C)C)c2cc(-c3cn(C)c(C(C)(C)O)n3)c(F)cn2c1=O. The zero-order valence-corrected chi connectivity index (χ0v) is 20.0. The number of hydrogen-bond donors (Lipinski definition) is 2. The summed E-state index contributed by atoms with van der Waals surface area (Å²) in [6, 6.07) is 2.87. The zero-order valence-electron chi connectivity index (χ0n) is 20.0. The van der Waals surface area contributed by atoms with Crippen molar-refractivity contribution < 1.29 is 22.7 Å². The van der Waals surface area contributed by atoms with E-state index in [0.29, 0.717) is 16.9 Å². The molecule has 7 nitrogen and oxygen atoms in total. The molecule has 0 saturated carbocycles. The Balaban J connectivity index is 2.03. The lowest BCUT2D eigenvalue weighted by Crippen LogP contribution is -2.20. The second-order valence-electron chi connectivity index (χ2n) is 9.44. The highest BCUT2D eigenvalue weighted by Crippen LogP contribution is 2.38. The van der Waals surface area contributed by atoms with E-state index in [1.807, 2.05) is 18.9 Å². The van der Waals surface area contributed by atoms with E-state index in [1.165, 1.54) is 19.1 Å². The Morgan fingerprint density at radius 2 is 1.77 bits per heavy atom. The number of nitrogens with one attached hydrogen (secondary N) is 1. The predicted octanol–water partition coefficient (Wildman–Crippen LogP) is 4.91. The van der Waals surface area contributed by atoms with Crippen LogP contribution in [-0.4, -0.2) is 29.3 Å². The van der Waals surface area contributed by atoms with E-state index in [0.717, 1.165) is 10.6 Å². The molecule has 0 fully saturated rings. The van der Waals surface area contributed by atoms with Crippen LogP contribution in [0.4, 0.5) is 17.6 Å². The fraction of sp³-hybridized carbons (Fsp3) is 0.375. The lowest BCUT2D eigenvalue weighted by atomic mass is 9.95. The van der Waals surface area contributed by atoms with Gasteiger partial charge in [-0.25, -0.2) is 9.37 Å². The van der Waals surface area contributed by atoms with Gasteiger partial charge in [-0.2, -0.15) is 18.3 Å². The predicted molar refractivity (Wildman–Crippen MR) is 122 cm³/mol. The molecule has 4 heterocycles. The van der Waals surface area contributed by atoms with Crippen LogP contribution in [0.2, 0.25) is 0 Å². The molecule has 0 atom stereocenters. The highest BCUT2D eigenvalue weighted by atomic mass is 19.4. The summed E-state index contributed by atoms with van der Waals surface area (Å²) < 4.78 is 58.7. The molecule has 186 valence electrons. The lowest BCUT2D eigenvalue weighted by Gasteiger charge is -2.16. The van der Waals surface area contributed by atoms with E-state index in [4.69, 9.17) is 0 Å². The van der Waals surface area contributed by atoms with Crippen molar-refractivity contribution in [2.75, 3.05) is 0 Å². The number of aromatic nitrogens is 5. The smallest absolute Gasteiger partial charge is 0.383 e. The van der Waals surface area contributed by atoms with Crippen molar-refractivity contribution in [3.8, 4) is 22.4 Å². The maximum atomic E-state index is 15.3. The number of rotatable bonds is 4. The fourth-order valence-electron chi connectivity index (χ4n) is 4.31. The molecule has 0 aliphatic rings. The molecule has 0 radical (unpaired) electrons. The summed E-state index contributed by atoms with van der Waals surface area (Å²) in [6.45, 7) is 8.14. The number of alkyl halides is 3. The third kappa shape index (κ3) is 4.13. The van der Waals surface area contributed by atoms with Gasteiger partial charge in [0.05, 0.1) is 22.5 Å². The number of aliphatic hydroxyl groups is 1. The topological polar surface area (TPSA) is 88.2 Å². The van der Waals surface area contributed by atoms with Crippen molar-refractivity contribution in [3.05, 3.63) is 63.5 Å². The van der Waals surface area contributed by atoms with Crippen LogP contribution in [0.3, 0.4) is 0 Å². The molecule has 0 aromatic carbocycles. The summed E-state index contributed by atoms with van der Waals surface area (Å²) in [5, 5.41) is 16.0. The molecule has 0 unspecified atom stereocenters. The van der Waals surface area contributed by atoms with Gasteiger partial charge in [-0.3, -0.25) is 14.3 Å². The number of aromatic amines is 1. The monoisotopic (exact) mass is 491 g/mol. The minimum Gasteiger partial charge on any atom is -0.383 e. The third-order valence-corrected chi connectivity index (χ3v) is 5.91. The van der Waals surface area contributed by atoms with E-state index in [-0.39, 0.29) is 34.0 Å². The number of fused-ring (bicyclic) bond motifs is 1. The van der Waals surface area contributed by atoms with Crippen molar-refractivity contribution in [2.45, 2.75) is 52.3 Å². The van der Waals surface area contributed by atoms with Gasteiger partial charge in [0.25, 0.3) is 5.56 Å². The Morgan fingerprint density at radius 1 is 1.11 bits per heavy atom. The maximum Gasteiger partial charge on any atom is 0.433 e. The van der Waals surface area contributed by atoms with Crippen LogP contribution >= 0.6 is 0 Å². The van der Waals surface area contributed by atoms with Gasteiger partial charge in [0.2, 0.25) is 0 Å². The van der Waals surface area contributed by atoms with E-state index < -0.39 is 28.8 Å². The number of imidazole rings is 1. The molecular weight excluding hydrogens is 466 g/mol. The first-order valence-electron chi connectivity index (χ1n) is 10.9. The Kier molecular flexibility index (Phi) is 5.66. The van der Waals surface area contributed by atoms with Gasteiger partial charge in [0.1, 0.15) is 22.9 Å². The van der Waals surface area contributed by atoms with Crippen LogP contribution in [0, 0.1) is 12.7 Å². The molecule has 0 aliphatic heterocycles. The van der Waals surface area contributed by atoms with Crippen LogP contribution < -0.4 is 5.56 Å². The minimum atomic E-state index is -4.76. The average Bonchev–Trinajstić information content (AvgIpc) is 3.30. The van der Waals surface area contributed by atoms with Gasteiger partial charge in [0, 0.05) is 30.6 Å². The standard InChI is InChI=1S/C24H25F4N5O2/c1-11(2)13-7-15(19-12(3)30-31-20(19)24(26,27)28)21(34)33-9-16(25)14(8-18(13)33)17-10-32(6)22(29-17)23(4,5)35/h7-11,35H,1-6H3,(H,30,31). The first kappa shape index (κ1) is 24.6. The molecule has 4 aromatic rings. The lowest BCUT2D eigenvalue weighted by molar-refractivity contribution is -0.140. The molecule has 4 aromatic heterocycles. The summed E-state index contributed by atoms with van der Waals surface area (Å²) in [7, 11) is 1.67. The summed E-state index contributed by atoms with van der Waals surface area (Å²) in [5.74, 6) is -0.676. The molecule has 4 rings (SSSR count). The number of nitrogens with zero attached hydrogens (tertiary/aromatic N) is 4. The number of H-pyrrole nitrogens is 1. The van der Waals surface area contributed by atoms with Crippen molar-refractivity contribution in [1.82, 2.24) is 24.1 Å². The summed E-state index contributed by atoms with van der Waals surface area (Å²) >= 11 is 0. The van der Waals surface area contributed by atoms with Gasteiger partial charge >= 0.3 is 6.18 Å². The first-order valence-corrected chi connectivity index (χ1v) is 10.9. The van der Waals surface area contributed by atoms with Gasteiger partial charge in [-0.1, -0.05) is 13.8 Å². The van der Waals surface area contributed by atoms with Gasteiger partial charge in [-0.05, 0) is 44.4 Å². The van der Waals surface area contributed by atoms with Gasteiger partial charge in [0.15, 0.2) is 0 Å². The fourth-order valence-corrected chi connectivity index (χ4v) is 4.31. The Labute approximate surface area is 198 Å². The van der Waals surface area contributed by atoms with E-state index >= 15 is 4.39 Å². The molecule has 2 N–H and O–H groups in total. The van der Waals surface area contributed by atoms with E-state index in [2.05, 4.69) is 10.1 Å². The van der Waals surface area contributed by atoms with E-state index in [1.54, 1.807) is 31.7 Å². The Morgan fingerprint density at radius 3 is 2.31 bits per heavy atom. The summed E-state index contributed by atoms with van der Waals surface area (Å²) in [4.78, 5) is 17.7. The highest BCUT2D eigenvalue weighted by Gasteiger charge is 2.38. The number of pyridine rings is 2. The molecule has 0 spiro atoms. The average molecular weight is 491 g/mol. The quantitative estimate of drug-likeness (QED) is 0.397. The van der Waals surface area contributed by atoms with Crippen molar-refractivity contribution in [3.63, 3.8) is 0 Å². The Bertz CT molecular complexity index is 1500. The second-order valence-corrected chi connectivity index (χ2v) is 9.44. The molecular formula is C24H25F4N5O2. The second kappa shape index (κ2) is 8.04. The van der Waals surface area contributed by atoms with E-state index in [9.17, 15) is 23.1 Å². The summed E-state index contributed by atoms with van der Waals surface area (Å²) in [5.41, 5.74) is -2.54. The van der Waals surface area contributed by atoms with Crippen LogP contribution in [0.5, 0.6) is 0 Å². The first-order chi connectivity index (χ1) is 16.1. The number of aryl methyl sites for hydroxylation is 2.